The molecule has 0 spiro atoms. The summed E-state index contributed by atoms with van der Waals surface area (Å²) < 4.78 is 5.24. The first-order valence-electron chi connectivity index (χ1n) is 9.25. The van der Waals surface area contributed by atoms with Crippen molar-refractivity contribution in [2.75, 3.05) is 11.1 Å². The van der Waals surface area contributed by atoms with Crippen LogP contribution in [-0.4, -0.2) is 28.4 Å². The molecule has 0 aliphatic carbocycles. The number of hydrogen-bond donors (Lipinski definition) is 1. The van der Waals surface area contributed by atoms with Crippen molar-refractivity contribution in [2.24, 2.45) is 0 Å². The van der Waals surface area contributed by atoms with Gasteiger partial charge < -0.3 is 9.73 Å². The van der Waals surface area contributed by atoms with E-state index in [1.807, 2.05) is 24.3 Å². The fourth-order valence-corrected chi connectivity index (χ4v) is 3.92. The minimum Gasteiger partial charge on any atom is -0.467 e. The Hall–Kier alpha value is -3.58. The van der Waals surface area contributed by atoms with Gasteiger partial charge in [-0.25, -0.2) is 0 Å². The summed E-state index contributed by atoms with van der Waals surface area (Å²) in [5.41, 5.74) is 1.48. The Balaban J connectivity index is 1.55. The van der Waals surface area contributed by atoms with Crippen molar-refractivity contribution in [1.29, 1.82) is 0 Å². The third kappa shape index (κ3) is 3.79. The van der Waals surface area contributed by atoms with E-state index in [2.05, 4.69) is 11.9 Å². The van der Waals surface area contributed by atoms with Crippen LogP contribution in [0.15, 0.2) is 82.8 Å². The number of para-hydroxylation sites is 1. The molecule has 6 nitrogen and oxygen atoms in total. The van der Waals surface area contributed by atoms with Crippen LogP contribution in [0.4, 0.5) is 5.69 Å². The maximum absolute atomic E-state index is 12.8. The van der Waals surface area contributed by atoms with E-state index in [-0.39, 0.29) is 23.6 Å². The lowest BCUT2D eigenvalue weighted by molar-refractivity contribution is 0.0631. The standard InChI is InChI=1S/C23H18N2O4S/c1-2-12-30-20-8-4-3-7-19(20)24-21(26)15-9-10-17-18(13-15)23(28)25(22(17)27)14-16-6-5-11-29-16/h2-11,13H,1,12,14H2,(H,24,26). The first kappa shape index (κ1) is 19.7. The summed E-state index contributed by atoms with van der Waals surface area (Å²) in [5.74, 6) is 0.0335. The second-order valence-corrected chi connectivity index (χ2v) is 7.65. The van der Waals surface area contributed by atoms with Gasteiger partial charge in [0.25, 0.3) is 17.7 Å². The van der Waals surface area contributed by atoms with Crippen LogP contribution in [0.25, 0.3) is 0 Å². The highest BCUT2D eigenvalue weighted by molar-refractivity contribution is 7.99. The van der Waals surface area contributed by atoms with Crippen LogP contribution in [0, 0.1) is 0 Å². The Labute approximate surface area is 177 Å². The largest absolute Gasteiger partial charge is 0.467 e. The van der Waals surface area contributed by atoms with E-state index < -0.39 is 11.8 Å². The van der Waals surface area contributed by atoms with Crippen LogP contribution in [-0.2, 0) is 6.54 Å². The number of nitrogens with zero attached hydrogens (tertiary/aromatic N) is 1. The topological polar surface area (TPSA) is 79.6 Å². The van der Waals surface area contributed by atoms with Gasteiger partial charge in [0, 0.05) is 16.2 Å². The highest BCUT2D eigenvalue weighted by Gasteiger charge is 2.36. The van der Waals surface area contributed by atoms with E-state index in [1.165, 1.54) is 18.4 Å². The van der Waals surface area contributed by atoms with Gasteiger partial charge in [-0.1, -0.05) is 18.2 Å². The van der Waals surface area contributed by atoms with E-state index in [4.69, 9.17) is 4.42 Å². The number of imide groups is 1. The maximum atomic E-state index is 12.8. The van der Waals surface area contributed by atoms with Crippen LogP contribution in [0.5, 0.6) is 0 Å². The molecule has 30 heavy (non-hydrogen) atoms. The molecule has 0 unspecified atom stereocenters. The zero-order valence-corrected chi connectivity index (χ0v) is 16.8. The van der Waals surface area contributed by atoms with Gasteiger partial charge in [0.2, 0.25) is 0 Å². The molecule has 4 rings (SSSR count). The number of benzene rings is 2. The number of nitrogens with one attached hydrogen (secondary N) is 1. The van der Waals surface area contributed by atoms with Gasteiger partial charge in [0.05, 0.1) is 29.6 Å². The lowest BCUT2D eigenvalue weighted by Crippen LogP contribution is -2.28. The van der Waals surface area contributed by atoms with Crippen molar-refractivity contribution in [2.45, 2.75) is 11.4 Å². The maximum Gasteiger partial charge on any atom is 0.261 e. The quantitative estimate of drug-likeness (QED) is 0.344. The second-order valence-electron chi connectivity index (χ2n) is 6.59. The molecule has 0 atom stereocenters. The van der Waals surface area contributed by atoms with E-state index in [0.29, 0.717) is 22.8 Å². The molecular weight excluding hydrogens is 400 g/mol. The van der Waals surface area contributed by atoms with Gasteiger partial charge in [0.1, 0.15) is 5.76 Å². The molecule has 7 heteroatoms. The number of amides is 3. The van der Waals surface area contributed by atoms with Crippen molar-refractivity contribution in [3.05, 3.63) is 96.0 Å². The SMILES string of the molecule is C=CCSc1ccccc1NC(=O)c1ccc2c(c1)C(=O)N(Cc1ccco1)C2=O. The molecule has 2 heterocycles. The number of rotatable bonds is 7. The molecule has 0 radical (unpaired) electrons. The van der Waals surface area contributed by atoms with Gasteiger partial charge in [-0.15, -0.1) is 18.3 Å². The molecule has 2 aromatic carbocycles. The molecule has 1 aliphatic rings. The van der Waals surface area contributed by atoms with Crippen molar-refractivity contribution in [1.82, 2.24) is 4.90 Å². The van der Waals surface area contributed by atoms with Crippen LogP contribution in [0.3, 0.4) is 0 Å². The third-order valence-corrected chi connectivity index (χ3v) is 5.69. The van der Waals surface area contributed by atoms with E-state index in [0.717, 1.165) is 9.80 Å². The Bertz CT molecular complexity index is 1140. The average Bonchev–Trinajstić information content (AvgIpc) is 3.36. The minimum atomic E-state index is -0.442. The van der Waals surface area contributed by atoms with Gasteiger partial charge in [-0.2, -0.15) is 0 Å². The van der Waals surface area contributed by atoms with E-state index in [9.17, 15) is 14.4 Å². The number of hydrogen-bond acceptors (Lipinski definition) is 5. The zero-order valence-electron chi connectivity index (χ0n) is 16.0. The van der Waals surface area contributed by atoms with Crippen LogP contribution in [0.1, 0.15) is 36.8 Å². The smallest absolute Gasteiger partial charge is 0.261 e. The first-order valence-corrected chi connectivity index (χ1v) is 10.2. The highest BCUT2D eigenvalue weighted by atomic mass is 32.2. The summed E-state index contributed by atoms with van der Waals surface area (Å²) in [6.45, 7) is 3.76. The Morgan fingerprint density at radius 3 is 2.63 bits per heavy atom. The van der Waals surface area contributed by atoms with E-state index >= 15 is 0 Å². The van der Waals surface area contributed by atoms with Crippen LogP contribution < -0.4 is 5.32 Å². The fourth-order valence-electron chi connectivity index (χ4n) is 3.17. The van der Waals surface area contributed by atoms with Gasteiger partial charge >= 0.3 is 0 Å². The summed E-state index contributed by atoms with van der Waals surface area (Å²) in [7, 11) is 0. The lowest BCUT2D eigenvalue weighted by atomic mass is 10.1. The molecular formula is C23H18N2O4S. The Morgan fingerprint density at radius 1 is 1.07 bits per heavy atom. The number of carbonyl (C=O) groups is 3. The zero-order chi connectivity index (χ0) is 21.1. The monoisotopic (exact) mass is 418 g/mol. The van der Waals surface area contributed by atoms with E-state index in [1.54, 1.807) is 36.0 Å². The summed E-state index contributed by atoms with van der Waals surface area (Å²) in [6, 6.07) is 15.4. The first-order chi connectivity index (χ1) is 14.6. The van der Waals surface area contributed by atoms with Crippen molar-refractivity contribution >= 4 is 35.2 Å². The van der Waals surface area contributed by atoms with Gasteiger partial charge in [0.15, 0.2) is 0 Å². The normalized spacial score (nSPS) is 12.7. The van der Waals surface area contributed by atoms with Crippen molar-refractivity contribution in [3.63, 3.8) is 0 Å². The highest BCUT2D eigenvalue weighted by Crippen LogP contribution is 2.29. The molecule has 0 bridgehead atoms. The molecule has 3 aromatic rings. The van der Waals surface area contributed by atoms with Gasteiger partial charge in [-0.05, 0) is 42.5 Å². The number of carbonyl (C=O) groups excluding carboxylic acids is 3. The average molecular weight is 418 g/mol. The van der Waals surface area contributed by atoms with Crippen LogP contribution in [0.2, 0.25) is 0 Å². The Kier molecular flexibility index (Phi) is 5.54. The Morgan fingerprint density at radius 2 is 1.87 bits per heavy atom. The lowest BCUT2D eigenvalue weighted by Gasteiger charge is -2.11. The number of thioether (sulfide) groups is 1. The predicted molar refractivity (Wildman–Crippen MR) is 115 cm³/mol. The second kappa shape index (κ2) is 8.42. The minimum absolute atomic E-state index is 0.0504. The number of furan rings is 1. The molecule has 1 aliphatic heterocycles. The molecule has 150 valence electrons. The molecule has 0 fully saturated rings. The molecule has 0 saturated carbocycles. The summed E-state index contributed by atoms with van der Waals surface area (Å²) in [4.78, 5) is 40.2. The summed E-state index contributed by atoms with van der Waals surface area (Å²) in [6.07, 6.45) is 3.28. The third-order valence-electron chi connectivity index (χ3n) is 4.62. The predicted octanol–water partition coefficient (Wildman–Crippen LogP) is 4.61. The summed E-state index contributed by atoms with van der Waals surface area (Å²) in [5, 5.41) is 2.88. The summed E-state index contributed by atoms with van der Waals surface area (Å²) >= 11 is 1.56. The van der Waals surface area contributed by atoms with Crippen LogP contribution >= 0.6 is 11.8 Å². The van der Waals surface area contributed by atoms with Crippen molar-refractivity contribution < 1.29 is 18.8 Å². The molecule has 1 N–H and O–H groups in total. The molecule has 3 amide bonds. The number of fused-ring (bicyclic) bond motifs is 1. The molecule has 0 saturated heterocycles. The molecule has 1 aromatic heterocycles. The fraction of sp³-hybridized carbons (Fsp3) is 0.0870. The van der Waals surface area contributed by atoms with Gasteiger partial charge in [-0.3, -0.25) is 19.3 Å². The number of anilines is 1. The van der Waals surface area contributed by atoms with Crippen molar-refractivity contribution in [3.8, 4) is 0 Å².